The molecule has 19 heavy (non-hydrogen) atoms. The number of hydrogen-bond donors (Lipinski definition) is 1. The first-order chi connectivity index (χ1) is 9.29. The van der Waals surface area contributed by atoms with Gasteiger partial charge in [-0.05, 0) is 30.7 Å². The molecule has 1 atom stereocenters. The third-order valence-corrected chi connectivity index (χ3v) is 4.21. The predicted molar refractivity (Wildman–Crippen MR) is 80.3 cm³/mol. The van der Waals surface area contributed by atoms with Crippen molar-refractivity contribution in [3.63, 3.8) is 0 Å². The van der Waals surface area contributed by atoms with E-state index in [-0.39, 0.29) is 5.78 Å². The van der Waals surface area contributed by atoms with Gasteiger partial charge in [-0.1, -0.05) is 6.92 Å². The van der Waals surface area contributed by atoms with Crippen molar-refractivity contribution in [1.29, 1.82) is 0 Å². The molecule has 1 aliphatic heterocycles. The van der Waals surface area contributed by atoms with Crippen LogP contribution in [0.3, 0.4) is 0 Å². The zero-order valence-corrected chi connectivity index (χ0v) is 12.2. The third kappa shape index (κ3) is 4.55. The summed E-state index contributed by atoms with van der Waals surface area (Å²) in [6.45, 7) is 3.80. The van der Waals surface area contributed by atoms with E-state index in [0.29, 0.717) is 12.5 Å². The van der Waals surface area contributed by atoms with Gasteiger partial charge in [0.05, 0.1) is 6.61 Å². The summed E-state index contributed by atoms with van der Waals surface area (Å²) in [4.78, 5) is 12.1. The third-order valence-electron chi connectivity index (χ3n) is 3.08. The summed E-state index contributed by atoms with van der Waals surface area (Å²) < 4.78 is 5.51. The summed E-state index contributed by atoms with van der Waals surface area (Å²) in [5.41, 5.74) is 0.779. The van der Waals surface area contributed by atoms with E-state index in [9.17, 15) is 4.79 Å². The van der Waals surface area contributed by atoms with Crippen LogP contribution in [0.15, 0.2) is 24.3 Å². The summed E-state index contributed by atoms with van der Waals surface area (Å²) in [5, 5.41) is 3.39. The molecule has 0 radical (unpaired) electrons. The highest BCUT2D eigenvalue weighted by molar-refractivity contribution is 7.99. The molecule has 1 N–H and O–H groups in total. The highest BCUT2D eigenvalue weighted by Crippen LogP contribution is 2.16. The highest BCUT2D eigenvalue weighted by Gasteiger charge is 2.17. The van der Waals surface area contributed by atoms with Gasteiger partial charge in [-0.15, -0.1) is 0 Å². The van der Waals surface area contributed by atoms with Crippen LogP contribution in [0.25, 0.3) is 0 Å². The first-order valence-corrected chi connectivity index (χ1v) is 8.02. The molecule has 1 aliphatic rings. The molecule has 1 fully saturated rings. The second-order valence-corrected chi connectivity index (χ2v) is 5.88. The van der Waals surface area contributed by atoms with Crippen molar-refractivity contribution >= 4 is 17.5 Å². The Morgan fingerprint density at radius 2 is 2.21 bits per heavy atom. The SMILES string of the molecule is CCCOc1ccc(C(=O)CC2CSCCN2)cc1. The molecule has 1 heterocycles. The van der Waals surface area contributed by atoms with Crippen molar-refractivity contribution in [2.45, 2.75) is 25.8 Å². The number of thioether (sulfide) groups is 1. The number of nitrogens with one attached hydrogen (secondary N) is 1. The predicted octanol–water partition coefficient (Wildman–Crippen LogP) is 2.75. The summed E-state index contributed by atoms with van der Waals surface area (Å²) in [7, 11) is 0. The van der Waals surface area contributed by atoms with Crippen LogP contribution in [-0.2, 0) is 0 Å². The Morgan fingerprint density at radius 3 is 2.84 bits per heavy atom. The zero-order chi connectivity index (χ0) is 13.5. The molecule has 104 valence electrons. The fourth-order valence-electron chi connectivity index (χ4n) is 2.05. The molecule has 1 aromatic carbocycles. The van der Waals surface area contributed by atoms with E-state index < -0.39 is 0 Å². The van der Waals surface area contributed by atoms with Crippen molar-refractivity contribution < 1.29 is 9.53 Å². The maximum Gasteiger partial charge on any atom is 0.164 e. The topological polar surface area (TPSA) is 38.3 Å². The van der Waals surface area contributed by atoms with Crippen molar-refractivity contribution in [1.82, 2.24) is 5.32 Å². The molecule has 0 aliphatic carbocycles. The number of rotatable bonds is 6. The van der Waals surface area contributed by atoms with Crippen LogP contribution in [0.5, 0.6) is 5.75 Å². The first kappa shape index (κ1) is 14.4. The Morgan fingerprint density at radius 1 is 1.42 bits per heavy atom. The summed E-state index contributed by atoms with van der Waals surface area (Å²) in [6.07, 6.45) is 1.58. The highest BCUT2D eigenvalue weighted by atomic mass is 32.2. The minimum Gasteiger partial charge on any atom is -0.494 e. The lowest BCUT2D eigenvalue weighted by Crippen LogP contribution is -2.38. The van der Waals surface area contributed by atoms with Gasteiger partial charge in [0, 0.05) is 36.1 Å². The van der Waals surface area contributed by atoms with E-state index in [4.69, 9.17) is 4.74 Å². The molecular weight excluding hydrogens is 258 g/mol. The van der Waals surface area contributed by atoms with Crippen LogP contribution >= 0.6 is 11.8 Å². The van der Waals surface area contributed by atoms with E-state index in [1.54, 1.807) is 0 Å². The second-order valence-electron chi connectivity index (χ2n) is 4.73. The first-order valence-electron chi connectivity index (χ1n) is 6.87. The lowest BCUT2D eigenvalue weighted by atomic mass is 10.0. The number of ether oxygens (including phenoxy) is 1. The van der Waals surface area contributed by atoms with Gasteiger partial charge in [0.1, 0.15) is 5.75 Å². The normalized spacial score (nSPS) is 19.1. The van der Waals surface area contributed by atoms with Gasteiger partial charge in [0.2, 0.25) is 0 Å². The maximum atomic E-state index is 12.1. The van der Waals surface area contributed by atoms with Crippen LogP contribution in [0, 0.1) is 0 Å². The minimum absolute atomic E-state index is 0.210. The molecule has 0 bridgehead atoms. The van der Waals surface area contributed by atoms with Gasteiger partial charge >= 0.3 is 0 Å². The van der Waals surface area contributed by atoms with E-state index in [1.165, 1.54) is 0 Å². The average molecular weight is 279 g/mol. The lowest BCUT2D eigenvalue weighted by Gasteiger charge is -2.22. The Balaban J connectivity index is 1.87. The van der Waals surface area contributed by atoms with E-state index >= 15 is 0 Å². The molecule has 0 amide bonds. The fraction of sp³-hybridized carbons (Fsp3) is 0.533. The summed E-state index contributed by atoms with van der Waals surface area (Å²) in [6, 6.07) is 7.81. The lowest BCUT2D eigenvalue weighted by molar-refractivity contribution is 0.0972. The van der Waals surface area contributed by atoms with Crippen LogP contribution in [0.4, 0.5) is 0 Å². The van der Waals surface area contributed by atoms with Gasteiger partial charge in [-0.2, -0.15) is 11.8 Å². The number of Topliss-reactive ketones (excluding diaryl/α,β-unsaturated/α-hetero) is 1. The van der Waals surface area contributed by atoms with Gasteiger partial charge in [0.15, 0.2) is 5.78 Å². The van der Waals surface area contributed by atoms with Crippen molar-refractivity contribution in [3.05, 3.63) is 29.8 Å². The molecule has 1 unspecified atom stereocenters. The Kier molecular flexibility index (Phi) is 5.73. The molecule has 1 saturated heterocycles. The molecule has 0 saturated carbocycles. The molecule has 2 rings (SSSR count). The van der Waals surface area contributed by atoms with E-state index in [0.717, 1.165) is 42.4 Å². The van der Waals surface area contributed by atoms with Gasteiger partial charge in [-0.3, -0.25) is 4.79 Å². The summed E-state index contributed by atoms with van der Waals surface area (Å²) >= 11 is 1.92. The average Bonchev–Trinajstić information content (AvgIpc) is 2.46. The van der Waals surface area contributed by atoms with E-state index in [1.807, 2.05) is 36.0 Å². The fourth-order valence-corrected chi connectivity index (χ4v) is 3.00. The quantitative estimate of drug-likeness (QED) is 0.813. The smallest absolute Gasteiger partial charge is 0.164 e. The van der Waals surface area contributed by atoms with Gasteiger partial charge < -0.3 is 10.1 Å². The van der Waals surface area contributed by atoms with Crippen molar-refractivity contribution in [2.24, 2.45) is 0 Å². The molecule has 0 aromatic heterocycles. The number of carbonyl (C=O) groups is 1. The Bertz CT molecular complexity index is 399. The van der Waals surface area contributed by atoms with Crippen molar-refractivity contribution in [3.8, 4) is 5.75 Å². The molecule has 1 aromatic rings. The standard InChI is InChI=1S/C15H21NO2S/c1-2-8-18-14-5-3-12(4-6-14)15(17)10-13-11-19-9-7-16-13/h3-6,13,16H,2,7-11H2,1H3. The Labute approximate surface area is 119 Å². The van der Waals surface area contributed by atoms with Crippen LogP contribution in [0.1, 0.15) is 30.1 Å². The monoisotopic (exact) mass is 279 g/mol. The van der Waals surface area contributed by atoms with E-state index in [2.05, 4.69) is 12.2 Å². The zero-order valence-electron chi connectivity index (χ0n) is 11.4. The number of carbonyl (C=O) groups excluding carboxylic acids is 1. The number of benzene rings is 1. The number of ketones is 1. The van der Waals surface area contributed by atoms with Crippen LogP contribution in [0.2, 0.25) is 0 Å². The van der Waals surface area contributed by atoms with Gasteiger partial charge in [-0.25, -0.2) is 0 Å². The summed E-state index contributed by atoms with van der Waals surface area (Å²) in [5.74, 6) is 3.23. The van der Waals surface area contributed by atoms with Crippen LogP contribution < -0.4 is 10.1 Å². The second kappa shape index (κ2) is 7.56. The number of hydrogen-bond acceptors (Lipinski definition) is 4. The minimum atomic E-state index is 0.210. The molecule has 3 nitrogen and oxygen atoms in total. The molecular formula is C15H21NO2S. The molecule has 0 spiro atoms. The van der Waals surface area contributed by atoms with Gasteiger partial charge in [0.25, 0.3) is 0 Å². The van der Waals surface area contributed by atoms with Crippen LogP contribution in [-0.4, -0.2) is 36.5 Å². The largest absolute Gasteiger partial charge is 0.494 e. The maximum absolute atomic E-state index is 12.1. The van der Waals surface area contributed by atoms with Crippen molar-refractivity contribution in [2.75, 3.05) is 24.7 Å². The molecule has 4 heteroatoms. The Hall–Kier alpha value is -1.00.